The maximum absolute atomic E-state index is 13.3. The number of benzene rings is 1. The molecule has 28 heavy (non-hydrogen) atoms. The fraction of sp³-hybridized carbons (Fsp3) is 0.500. The largest absolute Gasteiger partial charge is 0.497 e. The number of carbonyl (C=O) groups is 3. The van der Waals surface area contributed by atoms with Crippen molar-refractivity contribution in [1.29, 1.82) is 5.26 Å². The standard InChI is InChI=1S/C20H24N4O4/c1-28-15-6-4-13(5-7-15)20(8-9-20)19(27)24-10-2-3-16(24)18(26)23-14(12-21)11-17(22)25/h4-7,14,16H,2-3,8-11H2,1H3,(H2,22,25)(H,23,26)/t14-,16-/m0/s1. The summed E-state index contributed by atoms with van der Waals surface area (Å²) in [6.07, 6.45) is 2.48. The van der Waals surface area contributed by atoms with Gasteiger partial charge in [0.1, 0.15) is 17.8 Å². The van der Waals surface area contributed by atoms with Crippen LogP contribution in [0.2, 0.25) is 0 Å². The van der Waals surface area contributed by atoms with E-state index in [1.807, 2.05) is 30.3 Å². The molecular formula is C20H24N4O4. The fourth-order valence-electron chi connectivity index (χ4n) is 3.82. The number of primary amides is 1. The SMILES string of the molecule is COc1ccc(C2(C(=O)N3CCC[C@H]3C(=O)N[C@H](C#N)CC(N)=O)CC2)cc1. The Kier molecular flexibility index (Phi) is 5.54. The van der Waals surface area contributed by atoms with Crippen LogP contribution in [0.5, 0.6) is 5.75 Å². The van der Waals surface area contributed by atoms with Crippen molar-refractivity contribution in [2.75, 3.05) is 13.7 Å². The van der Waals surface area contributed by atoms with Crippen LogP contribution in [0, 0.1) is 11.3 Å². The van der Waals surface area contributed by atoms with E-state index in [2.05, 4.69) is 5.32 Å². The first kappa shape index (κ1) is 19.7. The number of nitriles is 1. The molecule has 1 saturated heterocycles. The number of rotatable bonds is 7. The van der Waals surface area contributed by atoms with Gasteiger partial charge in [-0.25, -0.2) is 0 Å². The molecule has 0 aromatic heterocycles. The van der Waals surface area contributed by atoms with Crippen LogP contribution < -0.4 is 15.8 Å². The van der Waals surface area contributed by atoms with Gasteiger partial charge in [-0.1, -0.05) is 12.1 Å². The number of ether oxygens (including phenoxy) is 1. The first-order valence-electron chi connectivity index (χ1n) is 9.35. The fourth-order valence-corrected chi connectivity index (χ4v) is 3.82. The van der Waals surface area contributed by atoms with Gasteiger partial charge in [-0.15, -0.1) is 0 Å². The number of nitrogens with one attached hydrogen (secondary N) is 1. The molecule has 8 heteroatoms. The van der Waals surface area contributed by atoms with E-state index in [1.165, 1.54) is 0 Å². The number of carbonyl (C=O) groups excluding carboxylic acids is 3. The highest BCUT2D eigenvalue weighted by Gasteiger charge is 2.55. The van der Waals surface area contributed by atoms with Gasteiger partial charge in [0, 0.05) is 6.54 Å². The highest BCUT2D eigenvalue weighted by Crippen LogP contribution is 2.50. The Labute approximate surface area is 163 Å². The third kappa shape index (κ3) is 3.79. The molecule has 0 spiro atoms. The number of nitrogens with two attached hydrogens (primary N) is 1. The van der Waals surface area contributed by atoms with Crippen molar-refractivity contribution in [3.8, 4) is 11.8 Å². The summed E-state index contributed by atoms with van der Waals surface area (Å²) in [4.78, 5) is 38.6. The molecule has 1 aliphatic heterocycles. The zero-order valence-corrected chi connectivity index (χ0v) is 15.8. The minimum absolute atomic E-state index is 0.0567. The quantitative estimate of drug-likeness (QED) is 0.712. The summed E-state index contributed by atoms with van der Waals surface area (Å²) < 4.78 is 5.18. The van der Waals surface area contributed by atoms with Crippen LogP contribution in [0.3, 0.4) is 0 Å². The highest BCUT2D eigenvalue weighted by atomic mass is 16.5. The highest BCUT2D eigenvalue weighted by molar-refractivity contribution is 5.96. The van der Waals surface area contributed by atoms with Crippen LogP contribution in [-0.4, -0.2) is 48.4 Å². The van der Waals surface area contributed by atoms with Gasteiger partial charge in [0.2, 0.25) is 17.7 Å². The van der Waals surface area contributed by atoms with Crippen LogP contribution in [-0.2, 0) is 19.8 Å². The van der Waals surface area contributed by atoms with Gasteiger partial charge in [0.05, 0.1) is 25.0 Å². The zero-order chi connectivity index (χ0) is 20.3. The monoisotopic (exact) mass is 384 g/mol. The van der Waals surface area contributed by atoms with Crippen molar-refractivity contribution in [3.05, 3.63) is 29.8 Å². The van der Waals surface area contributed by atoms with E-state index in [4.69, 9.17) is 15.7 Å². The van der Waals surface area contributed by atoms with Crippen molar-refractivity contribution in [2.24, 2.45) is 5.73 Å². The summed E-state index contributed by atoms with van der Waals surface area (Å²) in [5, 5.41) is 11.6. The lowest BCUT2D eigenvalue weighted by Crippen LogP contribution is -2.51. The van der Waals surface area contributed by atoms with Crippen LogP contribution in [0.1, 0.15) is 37.7 Å². The Morgan fingerprint density at radius 2 is 2.04 bits per heavy atom. The molecule has 0 bridgehead atoms. The molecule has 1 aromatic carbocycles. The number of amides is 3. The Morgan fingerprint density at radius 3 is 2.57 bits per heavy atom. The summed E-state index contributed by atoms with van der Waals surface area (Å²) in [7, 11) is 1.59. The van der Waals surface area contributed by atoms with Gasteiger partial charge >= 0.3 is 0 Å². The van der Waals surface area contributed by atoms with Crippen molar-refractivity contribution in [3.63, 3.8) is 0 Å². The Hall–Kier alpha value is -3.08. The van der Waals surface area contributed by atoms with Crippen LogP contribution in [0.25, 0.3) is 0 Å². The Balaban J connectivity index is 1.73. The molecule has 3 amide bonds. The Bertz CT molecular complexity index is 810. The summed E-state index contributed by atoms with van der Waals surface area (Å²) in [5.74, 6) is -0.409. The minimum Gasteiger partial charge on any atom is -0.497 e. The van der Waals surface area contributed by atoms with E-state index < -0.39 is 29.3 Å². The van der Waals surface area contributed by atoms with E-state index in [0.29, 0.717) is 13.0 Å². The number of nitrogens with zero attached hydrogens (tertiary/aromatic N) is 2. The van der Waals surface area contributed by atoms with Gasteiger partial charge in [0.15, 0.2) is 0 Å². The van der Waals surface area contributed by atoms with E-state index in [1.54, 1.807) is 12.0 Å². The Morgan fingerprint density at radius 1 is 1.36 bits per heavy atom. The number of methoxy groups -OCH3 is 1. The topological polar surface area (TPSA) is 126 Å². The van der Waals surface area contributed by atoms with Crippen molar-refractivity contribution in [1.82, 2.24) is 10.2 Å². The third-order valence-electron chi connectivity index (χ3n) is 5.50. The number of hydrogen-bond acceptors (Lipinski definition) is 5. The minimum atomic E-state index is -0.987. The smallest absolute Gasteiger partial charge is 0.243 e. The van der Waals surface area contributed by atoms with Crippen molar-refractivity contribution < 1.29 is 19.1 Å². The van der Waals surface area contributed by atoms with E-state index >= 15 is 0 Å². The molecule has 1 aromatic rings. The van der Waals surface area contributed by atoms with Gasteiger partial charge in [-0.3, -0.25) is 14.4 Å². The molecular weight excluding hydrogens is 360 g/mol. The molecule has 148 valence electrons. The molecule has 8 nitrogen and oxygen atoms in total. The second-order valence-corrected chi connectivity index (χ2v) is 7.33. The van der Waals surface area contributed by atoms with E-state index in [9.17, 15) is 14.4 Å². The lowest BCUT2D eigenvalue weighted by atomic mass is 9.93. The first-order chi connectivity index (χ1) is 13.4. The van der Waals surface area contributed by atoms with Gasteiger partial charge in [0.25, 0.3) is 0 Å². The first-order valence-corrected chi connectivity index (χ1v) is 9.35. The molecule has 2 fully saturated rings. The molecule has 1 aliphatic carbocycles. The normalized spacial score (nSPS) is 20.7. The predicted molar refractivity (Wildman–Crippen MR) is 100.0 cm³/mol. The van der Waals surface area contributed by atoms with E-state index in [0.717, 1.165) is 30.6 Å². The average Bonchev–Trinajstić information content (AvgIpc) is 3.35. The second-order valence-electron chi connectivity index (χ2n) is 7.33. The van der Waals surface area contributed by atoms with Gasteiger partial charge in [-0.05, 0) is 43.4 Å². The zero-order valence-electron chi connectivity index (χ0n) is 15.8. The number of hydrogen-bond donors (Lipinski definition) is 2. The predicted octanol–water partition coefficient (Wildman–Crippen LogP) is 0.602. The van der Waals surface area contributed by atoms with Gasteiger partial charge in [-0.2, -0.15) is 5.26 Å². The summed E-state index contributed by atoms with van der Waals surface area (Å²) in [6.45, 7) is 0.502. The lowest BCUT2D eigenvalue weighted by Gasteiger charge is -2.29. The summed E-state index contributed by atoms with van der Waals surface area (Å²) in [6, 6.07) is 7.70. The molecule has 3 rings (SSSR count). The van der Waals surface area contributed by atoms with Crippen LogP contribution in [0.4, 0.5) is 0 Å². The molecule has 2 atom stereocenters. The van der Waals surface area contributed by atoms with E-state index in [-0.39, 0.29) is 12.3 Å². The maximum atomic E-state index is 13.3. The van der Waals surface area contributed by atoms with Gasteiger partial charge < -0.3 is 20.7 Å². The van der Waals surface area contributed by atoms with Crippen LogP contribution in [0.15, 0.2) is 24.3 Å². The maximum Gasteiger partial charge on any atom is 0.243 e. The average molecular weight is 384 g/mol. The molecule has 1 heterocycles. The second kappa shape index (κ2) is 7.89. The summed E-state index contributed by atoms with van der Waals surface area (Å²) >= 11 is 0. The summed E-state index contributed by atoms with van der Waals surface area (Å²) in [5.41, 5.74) is 5.45. The van der Waals surface area contributed by atoms with Crippen LogP contribution >= 0.6 is 0 Å². The molecule has 0 unspecified atom stereocenters. The molecule has 1 saturated carbocycles. The van der Waals surface area contributed by atoms with Crippen molar-refractivity contribution in [2.45, 2.75) is 49.6 Å². The third-order valence-corrected chi connectivity index (χ3v) is 5.50. The molecule has 0 radical (unpaired) electrons. The van der Waals surface area contributed by atoms with Crippen molar-refractivity contribution >= 4 is 17.7 Å². The lowest BCUT2D eigenvalue weighted by molar-refractivity contribution is -0.140. The molecule has 3 N–H and O–H groups in total. The number of likely N-dealkylation sites (tertiary alicyclic amines) is 1. The molecule has 2 aliphatic rings.